The molecule has 0 aromatic carbocycles. The average Bonchev–Trinajstić information content (AvgIpc) is 2.47. The highest BCUT2D eigenvalue weighted by Gasteiger charge is 2.38. The average molecular weight is 330 g/mol. The minimum absolute atomic E-state index is 0.0315. The first-order valence-corrected chi connectivity index (χ1v) is 7.67. The van der Waals surface area contributed by atoms with E-state index < -0.39 is 12.1 Å². The predicted octanol–water partition coefficient (Wildman–Crippen LogP) is 1.72. The molecule has 5 nitrogen and oxygen atoms in total. The summed E-state index contributed by atoms with van der Waals surface area (Å²) in [4.78, 5) is 10.3. The van der Waals surface area contributed by atoms with Gasteiger partial charge in [0.1, 0.15) is 0 Å². The summed E-state index contributed by atoms with van der Waals surface area (Å²) in [5, 5.41) is 18.5. The molecule has 22 heavy (non-hydrogen) atoms. The number of hydrogen-bond donors (Lipinski definition) is 4. The number of halogens is 3. The van der Waals surface area contributed by atoms with E-state index in [0.29, 0.717) is 25.9 Å². The van der Waals surface area contributed by atoms with Crippen molar-refractivity contribution in [3.05, 3.63) is 0 Å². The SMILES string of the molecule is NCCCCCCO.O=C(NCCCCCCO)C(F)(F)F. The molecule has 1 amide bonds. The van der Waals surface area contributed by atoms with E-state index >= 15 is 0 Å². The van der Waals surface area contributed by atoms with Crippen LogP contribution >= 0.6 is 0 Å². The normalized spacial score (nSPS) is 10.8. The third-order valence-corrected chi connectivity index (χ3v) is 2.74. The summed E-state index contributed by atoms with van der Waals surface area (Å²) in [6, 6.07) is 0. The number of aliphatic hydroxyl groups excluding tert-OH is 2. The molecular weight excluding hydrogens is 301 g/mol. The van der Waals surface area contributed by atoms with Gasteiger partial charge in [-0.25, -0.2) is 0 Å². The number of unbranched alkanes of at least 4 members (excludes halogenated alkanes) is 6. The zero-order chi connectivity index (χ0) is 17.3. The number of aliphatic hydroxyl groups is 2. The Morgan fingerprint density at radius 1 is 0.864 bits per heavy atom. The number of amides is 1. The zero-order valence-corrected chi connectivity index (χ0v) is 13.0. The van der Waals surface area contributed by atoms with E-state index in [2.05, 4.69) is 0 Å². The highest BCUT2D eigenvalue weighted by Crippen LogP contribution is 2.13. The lowest BCUT2D eigenvalue weighted by Crippen LogP contribution is -2.37. The second-order valence-corrected chi connectivity index (χ2v) is 4.82. The standard InChI is InChI=1S/C8H14F3NO2.C6H15NO/c9-8(10,11)7(14)12-5-3-1-2-4-6-13;7-5-3-1-2-4-6-8/h13H,1-6H2,(H,12,14);8H,1-7H2. The summed E-state index contributed by atoms with van der Waals surface area (Å²) in [6.45, 7) is 1.23. The fraction of sp³-hybridized carbons (Fsp3) is 0.929. The molecule has 0 bridgehead atoms. The van der Waals surface area contributed by atoms with Crippen molar-refractivity contribution in [1.29, 1.82) is 0 Å². The van der Waals surface area contributed by atoms with Gasteiger partial charge in [-0.2, -0.15) is 13.2 Å². The lowest BCUT2D eigenvalue weighted by molar-refractivity contribution is -0.173. The first kappa shape index (κ1) is 23.4. The highest BCUT2D eigenvalue weighted by atomic mass is 19.4. The van der Waals surface area contributed by atoms with Gasteiger partial charge in [0.05, 0.1) is 0 Å². The van der Waals surface area contributed by atoms with Crippen molar-refractivity contribution in [3.8, 4) is 0 Å². The van der Waals surface area contributed by atoms with Crippen LogP contribution in [0.3, 0.4) is 0 Å². The van der Waals surface area contributed by atoms with Crippen LogP contribution in [0.2, 0.25) is 0 Å². The summed E-state index contributed by atoms with van der Waals surface area (Å²) in [6.07, 6.45) is 2.14. The minimum atomic E-state index is -4.79. The summed E-state index contributed by atoms with van der Waals surface area (Å²) in [5.41, 5.74) is 5.25. The fourth-order valence-corrected chi connectivity index (χ4v) is 1.50. The molecule has 5 N–H and O–H groups in total. The lowest BCUT2D eigenvalue weighted by Gasteiger charge is -2.07. The summed E-state index contributed by atoms with van der Waals surface area (Å²) < 4.78 is 34.9. The second-order valence-electron chi connectivity index (χ2n) is 4.82. The smallest absolute Gasteiger partial charge is 0.396 e. The van der Waals surface area contributed by atoms with Crippen LogP contribution in [-0.2, 0) is 4.79 Å². The van der Waals surface area contributed by atoms with E-state index in [1.807, 2.05) is 0 Å². The molecule has 0 aliphatic carbocycles. The quantitative estimate of drug-likeness (QED) is 0.434. The number of nitrogens with two attached hydrogens (primary N) is 1. The van der Waals surface area contributed by atoms with E-state index in [4.69, 9.17) is 15.9 Å². The van der Waals surface area contributed by atoms with Gasteiger partial charge in [-0.3, -0.25) is 4.79 Å². The highest BCUT2D eigenvalue weighted by molar-refractivity contribution is 5.81. The molecule has 0 aromatic heterocycles. The number of nitrogens with one attached hydrogen (secondary N) is 1. The van der Waals surface area contributed by atoms with E-state index in [-0.39, 0.29) is 13.2 Å². The molecule has 134 valence electrons. The number of hydrogen-bond acceptors (Lipinski definition) is 4. The molecule has 0 spiro atoms. The lowest BCUT2D eigenvalue weighted by atomic mass is 10.2. The van der Waals surface area contributed by atoms with Gasteiger partial charge in [-0.05, 0) is 32.2 Å². The monoisotopic (exact) mass is 330 g/mol. The summed E-state index contributed by atoms with van der Waals surface area (Å²) in [5.74, 6) is -1.89. The summed E-state index contributed by atoms with van der Waals surface area (Å²) >= 11 is 0. The number of carbonyl (C=O) groups excluding carboxylic acids is 1. The van der Waals surface area contributed by atoms with Crippen LogP contribution in [-0.4, -0.2) is 48.6 Å². The Kier molecular flexibility index (Phi) is 17.6. The van der Waals surface area contributed by atoms with Gasteiger partial charge in [-0.15, -0.1) is 0 Å². The van der Waals surface area contributed by atoms with Crippen molar-refractivity contribution < 1.29 is 28.2 Å². The van der Waals surface area contributed by atoms with E-state index in [0.717, 1.165) is 38.6 Å². The van der Waals surface area contributed by atoms with Gasteiger partial charge >= 0.3 is 12.1 Å². The Labute approximate surface area is 130 Å². The Morgan fingerprint density at radius 2 is 1.32 bits per heavy atom. The molecule has 0 fully saturated rings. The van der Waals surface area contributed by atoms with Gasteiger partial charge in [0, 0.05) is 19.8 Å². The number of rotatable bonds is 11. The maximum atomic E-state index is 11.6. The Hall–Kier alpha value is -0.860. The van der Waals surface area contributed by atoms with Crippen LogP contribution in [0.4, 0.5) is 13.2 Å². The molecular formula is C14H29F3N2O3. The minimum Gasteiger partial charge on any atom is -0.396 e. The van der Waals surface area contributed by atoms with Crippen LogP contribution in [0, 0.1) is 0 Å². The van der Waals surface area contributed by atoms with Crippen molar-refractivity contribution in [2.24, 2.45) is 5.73 Å². The van der Waals surface area contributed by atoms with E-state index in [1.54, 1.807) is 5.32 Å². The molecule has 8 heteroatoms. The van der Waals surface area contributed by atoms with Crippen molar-refractivity contribution >= 4 is 5.91 Å². The first-order valence-electron chi connectivity index (χ1n) is 7.67. The second kappa shape index (κ2) is 16.5. The van der Waals surface area contributed by atoms with E-state index in [1.165, 1.54) is 0 Å². The Morgan fingerprint density at radius 3 is 1.73 bits per heavy atom. The van der Waals surface area contributed by atoms with Crippen LogP contribution in [0.25, 0.3) is 0 Å². The maximum Gasteiger partial charge on any atom is 0.471 e. The molecule has 0 rings (SSSR count). The van der Waals surface area contributed by atoms with Crippen molar-refractivity contribution in [2.45, 2.75) is 57.5 Å². The third kappa shape index (κ3) is 19.1. The topological polar surface area (TPSA) is 95.6 Å². The van der Waals surface area contributed by atoms with Gasteiger partial charge in [0.25, 0.3) is 0 Å². The number of carbonyl (C=O) groups is 1. The molecule has 0 radical (unpaired) electrons. The first-order chi connectivity index (χ1) is 10.4. The van der Waals surface area contributed by atoms with Gasteiger partial charge in [-0.1, -0.05) is 25.7 Å². The molecule has 0 heterocycles. The fourth-order valence-electron chi connectivity index (χ4n) is 1.50. The van der Waals surface area contributed by atoms with Crippen molar-refractivity contribution in [2.75, 3.05) is 26.3 Å². The molecule has 0 atom stereocenters. The zero-order valence-electron chi connectivity index (χ0n) is 13.0. The molecule has 0 saturated carbocycles. The number of alkyl halides is 3. The van der Waals surface area contributed by atoms with Crippen LogP contribution in [0.1, 0.15) is 51.4 Å². The Balaban J connectivity index is 0. The molecule has 0 aliphatic heterocycles. The Bertz CT molecular complexity index is 246. The molecule has 0 aromatic rings. The van der Waals surface area contributed by atoms with Crippen molar-refractivity contribution in [1.82, 2.24) is 5.32 Å². The van der Waals surface area contributed by atoms with Gasteiger partial charge in [0.15, 0.2) is 0 Å². The van der Waals surface area contributed by atoms with Crippen molar-refractivity contribution in [3.63, 3.8) is 0 Å². The van der Waals surface area contributed by atoms with Crippen LogP contribution < -0.4 is 11.1 Å². The molecule has 0 unspecified atom stereocenters. The molecule has 0 aliphatic rings. The van der Waals surface area contributed by atoms with Gasteiger partial charge < -0.3 is 21.3 Å². The predicted molar refractivity (Wildman–Crippen MR) is 79.2 cm³/mol. The van der Waals surface area contributed by atoms with Crippen LogP contribution in [0.15, 0.2) is 0 Å². The third-order valence-electron chi connectivity index (χ3n) is 2.74. The van der Waals surface area contributed by atoms with Crippen LogP contribution in [0.5, 0.6) is 0 Å². The maximum absolute atomic E-state index is 11.6. The molecule has 0 saturated heterocycles. The van der Waals surface area contributed by atoms with Gasteiger partial charge in [0.2, 0.25) is 0 Å². The largest absolute Gasteiger partial charge is 0.471 e. The summed E-state index contributed by atoms with van der Waals surface area (Å²) in [7, 11) is 0. The van der Waals surface area contributed by atoms with E-state index in [9.17, 15) is 18.0 Å².